The summed E-state index contributed by atoms with van der Waals surface area (Å²) in [6.07, 6.45) is 49.5. The molecule has 0 bridgehead atoms. The Kier molecular flexibility index (Phi) is 42.4. The van der Waals surface area contributed by atoms with Gasteiger partial charge in [0, 0.05) is 19.0 Å². The van der Waals surface area contributed by atoms with Crippen LogP contribution in [0.1, 0.15) is 219 Å². The van der Waals surface area contributed by atoms with Gasteiger partial charge in [0.1, 0.15) is 6.61 Å². The Morgan fingerprint density at radius 1 is 0.561 bits per heavy atom. The van der Waals surface area contributed by atoms with E-state index in [1.165, 1.54) is 167 Å². The molecule has 57 heavy (non-hydrogen) atoms. The van der Waals surface area contributed by atoms with E-state index in [-0.39, 0.29) is 26.2 Å². The fourth-order valence-corrected chi connectivity index (χ4v) is 7.37. The number of phosphoric acid groups is 1. The molecule has 0 rings (SSSR count). The lowest BCUT2D eigenvalue weighted by Gasteiger charge is -2.19. The zero-order chi connectivity index (χ0) is 41.8. The average Bonchev–Trinajstić information content (AvgIpc) is 3.20. The molecule has 0 aromatic heterocycles. The predicted molar refractivity (Wildman–Crippen MR) is 238 cm³/mol. The molecule has 0 aromatic carbocycles. The maximum absolute atomic E-state index is 12.6. The lowest BCUT2D eigenvalue weighted by molar-refractivity contribution is -0.159. The summed E-state index contributed by atoms with van der Waals surface area (Å²) in [6.45, 7) is 3.62. The predicted octanol–water partition coefficient (Wildman–Crippen LogP) is 13.7. The Balaban J connectivity index is 4.15. The maximum atomic E-state index is 12.6. The molecule has 0 fully saturated rings. The van der Waals surface area contributed by atoms with Gasteiger partial charge in [0.25, 0.3) is 0 Å². The highest BCUT2D eigenvalue weighted by molar-refractivity contribution is 7.47. The van der Waals surface area contributed by atoms with Crippen molar-refractivity contribution in [2.24, 2.45) is 5.73 Å². The van der Waals surface area contributed by atoms with Crippen molar-refractivity contribution < 1.29 is 37.6 Å². The molecule has 0 radical (unpaired) electrons. The van der Waals surface area contributed by atoms with E-state index >= 15 is 0 Å². The third-order valence-electron chi connectivity index (χ3n) is 10.1. The monoisotopic (exact) mass is 826 g/mol. The first-order valence-corrected chi connectivity index (χ1v) is 25.0. The number of unbranched alkanes of at least 4 members (excludes halogenated alkanes) is 28. The van der Waals surface area contributed by atoms with Gasteiger partial charge in [-0.25, -0.2) is 9.36 Å². The number of hydrogen-bond donors (Lipinski definition) is 2. The van der Waals surface area contributed by atoms with Crippen molar-refractivity contribution in [2.75, 3.05) is 26.4 Å². The second kappa shape index (κ2) is 43.8. The van der Waals surface area contributed by atoms with Gasteiger partial charge in [0.15, 0.2) is 6.10 Å². The number of rotatable bonds is 44. The quantitative estimate of drug-likeness (QED) is 0.0154. The lowest BCUT2D eigenvalue weighted by Crippen LogP contribution is -2.29. The molecule has 9 nitrogen and oxygen atoms in total. The third kappa shape index (κ3) is 43.6. The van der Waals surface area contributed by atoms with Crippen LogP contribution in [-0.4, -0.2) is 49.3 Å². The average molecular weight is 826 g/mol. The number of hydrogen-bond acceptors (Lipinski definition) is 8. The van der Waals surface area contributed by atoms with Gasteiger partial charge < -0.3 is 20.1 Å². The minimum absolute atomic E-state index is 0.0434. The SMILES string of the molecule is CCCCCCCC/C=C/CCCCCCCCCCCCCC(=O)O[C@H](COC(=O)/C=C/C=C/CCCCCCCCCCCCC)COP(=O)(O)OCCN. The molecule has 0 heterocycles. The summed E-state index contributed by atoms with van der Waals surface area (Å²) in [5, 5.41) is 0. The normalized spacial score (nSPS) is 13.5. The Hall–Kier alpha value is -1.77. The van der Waals surface area contributed by atoms with Gasteiger partial charge in [-0.15, -0.1) is 0 Å². The van der Waals surface area contributed by atoms with Crippen molar-refractivity contribution in [3.8, 4) is 0 Å². The summed E-state index contributed by atoms with van der Waals surface area (Å²) in [5.41, 5.74) is 5.35. The van der Waals surface area contributed by atoms with Crippen molar-refractivity contribution in [2.45, 2.75) is 225 Å². The maximum Gasteiger partial charge on any atom is 0.472 e. The van der Waals surface area contributed by atoms with Gasteiger partial charge in [0.2, 0.25) is 0 Å². The second-order valence-corrected chi connectivity index (χ2v) is 17.1. The number of nitrogens with two attached hydrogens (primary N) is 1. The third-order valence-corrected chi connectivity index (χ3v) is 11.1. The van der Waals surface area contributed by atoms with E-state index in [1.807, 2.05) is 12.2 Å². The fourth-order valence-electron chi connectivity index (χ4n) is 6.60. The Morgan fingerprint density at radius 3 is 1.44 bits per heavy atom. The molecular weight excluding hydrogens is 737 g/mol. The van der Waals surface area contributed by atoms with Crippen molar-refractivity contribution in [3.63, 3.8) is 0 Å². The number of allylic oxidation sites excluding steroid dienone is 5. The molecule has 0 saturated carbocycles. The van der Waals surface area contributed by atoms with E-state index in [0.29, 0.717) is 6.42 Å². The van der Waals surface area contributed by atoms with E-state index in [4.69, 9.17) is 24.3 Å². The molecule has 3 N–H and O–H groups in total. The minimum Gasteiger partial charge on any atom is -0.458 e. The molecule has 2 atom stereocenters. The summed E-state index contributed by atoms with van der Waals surface area (Å²) >= 11 is 0. The molecule has 0 aromatic rings. The van der Waals surface area contributed by atoms with E-state index in [2.05, 4.69) is 26.0 Å². The Bertz CT molecular complexity index is 1030. The molecule has 0 aliphatic carbocycles. The van der Waals surface area contributed by atoms with Gasteiger partial charge in [-0.3, -0.25) is 13.8 Å². The van der Waals surface area contributed by atoms with Crippen LogP contribution in [0, 0.1) is 0 Å². The highest BCUT2D eigenvalue weighted by Crippen LogP contribution is 2.43. The van der Waals surface area contributed by atoms with Gasteiger partial charge in [-0.2, -0.15) is 0 Å². The number of ether oxygens (including phenoxy) is 2. The molecule has 0 spiro atoms. The van der Waals surface area contributed by atoms with E-state index in [0.717, 1.165) is 32.1 Å². The van der Waals surface area contributed by atoms with Gasteiger partial charge in [0.05, 0.1) is 13.2 Å². The number of carbonyl (C=O) groups is 2. The molecular formula is C47H88NO8P. The summed E-state index contributed by atoms with van der Waals surface area (Å²) in [6, 6.07) is 0. The van der Waals surface area contributed by atoms with Crippen molar-refractivity contribution >= 4 is 19.8 Å². The first-order chi connectivity index (χ1) is 27.8. The summed E-state index contributed by atoms with van der Waals surface area (Å²) < 4.78 is 32.6. The molecule has 0 aliphatic rings. The number of phosphoric ester groups is 1. The van der Waals surface area contributed by atoms with Crippen LogP contribution >= 0.6 is 7.82 Å². The van der Waals surface area contributed by atoms with E-state index in [1.54, 1.807) is 6.08 Å². The van der Waals surface area contributed by atoms with Crippen LogP contribution in [-0.2, 0) is 32.7 Å². The van der Waals surface area contributed by atoms with Crippen molar-refractivity contribution in [3.05, 3.63) is 36.5 Å². The molecule has 0 amide bonds. The van der Waals surface area contributed by atoms with Crippen LogP contribution in [0.5, 0.6) is 0 Å². The van der Waals surface area contributed by atoms with Crippen LogP contribution in [0.2, 0.25) is 0 Å². The van der Waals surface area contributed by atoms with Gasteiger partial charge in [-0.1, -0.05) is 198 Å². The highest BCUT2D eigenvalue weighted by Gasteiger charge is 2.25. The van der Waals surface area contributed by atoms with E-state index in [9.17, 15) is 19.0 Å². The van der Waals surface area contributed by atoms with Gasteiger partial charge in [-0.05, 0) is 44.9 Å². The summed E-state index contributed by atoms with van der Waals surface area (Å²) in [4.78, 5) is 34.8. The van der Waals surface area contributed by atoms with Crippen molar-refractivity contribution in [1.29, 1.82) is 0 Å². The number of carbonyl (C=O) groups excluding carboxylic acids is 2. The Labute approximate surface area is 350 Å². The number of esters is 2. The van der Waals surface area contributed by atoms with Crippen LogP contribution in [0.3, 0.4) is 0 Å². The molecule has 10 heteroatoms. The molecule has 334 valence electrons. The zero-order valence-electron chi connectivity index (χ0n) is 36.8. The first-order valence-electron chi connectivity index (χ1n) is 23.5. The van der Waals surface area contributed by atoms with Crippen LogP contribution in [0.25, 0.3) is 0 Å². The topological polar surface area (TPSA) is 134 Å². The minimum atomic E-state index is -4.40. The standard InChI is InChI=1S/C47H88NO8P/c1-3-5-7-9-11-13-15-17-19-20-21-22-23-24-26-28-30-32-34-36-38-40-47(50)56-45(44-55-57(51,52)54-42-41-48)43-53-46(49)39-37-35-33-31-29-27-25-18-16-14-12-10-8-6-4-2/h17,19,33,35,37,39,45H,3-16,18,20-32,34,36,38,40-44,48H2,1-2H3,(H,51,52)/b19-17+,35-33+,39-37+/t45-/m1/s1. The molecule has 1 unspecified atom stereocenters. The first kappa shape index (κ1) is 55.2. The van der Waals surface area contributed by atoms with Crippen LogP contribution in [0.4, 0.5) is 0 Å². The van der Waals surface area contributed by atoms with E-state index < -0.39 is 32.5 Å². The fraction of sp³-hybridized carbons (Fsp3) is 0.830. The van der Waals surface area contributed by atoms with Crippen molar-refractivity contribution in [1.82, 2.24) is 0 Å². The highest BCUT2D eigenvalue weighted by atomic mass is 31.2. The molecule has 0 saturated heterocycles. The zero-order valence-corrected chi connectivity index (χ0v) is 37.7. The largest absolute Gasteiger partial charge is 0.472 e. The summed E-state index contributed by atoms with van der Waals surface area (Å²) in [7, 11) is -4.40. The van der Waals surface area contributed by atoms with Gasteiger partial charge >= 0.3 is 19.8 Å². The smallest absolute Gasteiger partial charge is 0.458 e. The lowest BCUT2D eigenvalue weighted by atomic mass is 10.0. The van der Waals surface area contributed by atoms with Crippen LogP contribution < -0.4 is 5.73 Å². The second-order valence-electron chi connectivity index (χ2n) is 15.7. The van der Waals surface area contributed by atoms with Crippen LogP contribution in [0.15, 0.2) is 36.5 Å². The summed E-state index contributed by atoms with van der Waals surface area (Å²) in [5.74, 6) is -1.08. The Morgan fingerprint density at radius 2 is 0.982 bits per heavy atom. The molecule has 0 aliphatic heterocycles.